The van der Waals surface area contributed by atoms with Gasteiger partial charge in [0.15, 0.2) is 0 Å². The van der Waals surface area contributed by atoms with E-state index in [1.54, 1.807) is 18.0 Å². The molecule has 0 saturated carbocycles. The van der Waals surface area contributed by atoms with Crippen LogP contribution in [0.3, 0.4) is 0 Å². The van der Waals surface area contributed by atoms with Crippen LogP contribution in [0.25, 0.3) is 0 Å². The Bertz CT molecular complexity index is 608. The van der Waals surface area contributed by atoms with Crippen LogP contribution in [-0.2, 0) is 0 Å². The van der Waals surface area contributed by atoms with Crippen molar-refractivity contribution in [3.05, 3.63) is 46.6 Å². The summed E-state index contributed by atoms with van der Waals surface area (Å²) in [5, 5.41) is 10.1. The normalized spacial score (nSPS) is 10.1. The van der Waals surface area contributed by atoms with Crippen LogP contribution in [-0.4, -0.2) is 11.2 Å². The maximum absolute atomic E-state index is 9.27. The molecular formula is C13H9BrN2S2. The molecule has 0 N–H and O–H groups in total. The molecule has 0 aliphatic rings. The monoisotopic (exact) mass is 336 g/mol. The number of thioether (sulfide) groups is 1. The molecule has 1 aromatic heterocycles. The van der Waals surface area contributed by atoms with Gasteiger partial charge in [-0.05, 0) is 46.5 Å². The Morgan fingerprint density at radius 3 is 2.67 bits per heavy atom. The van der Waals surface area contributed by atoms with Crippen molar-refractivity contribution in [2.75, 3.05) is 6.26 Å². The van der Waals surface area contributed by atoms with Crippen LogP contribution in [0, 0.1) is 11.3 Å². The van der Waals surface area contributed by atoms with Crippen molar-refractivity contribution in [2.45, 2.75) is 14.8 Å². The molecule has 5 heteroatoms. The van der Waals surface area contributed by atoms with Crippen LogP contribution in [0.1, 0.15) is 5.56 Å². The van der Waals surface area contributed by atoms with Gasteiger partial charge in [-0.15, -0.1) is 11.8 Å². The second-order valence-corrected chi connectivity index (χ2v) is 6.07. The van der Waals surface area contributed by atoms with Gasteiger partial charge in [0, 0.05) is 16.0 Å². The number of nitriles is 1. The van der Waals surface area contributed by atoms with Crippen molar-refractivity contribution in [2.24, 2.45) is 0 Å². The van der Waals surface area contributed by atoms with Gasteiger partial charge in [0.2, 0.25) is 0 Å². The minimum absolute atomic E-state index is 0.715. The molecular weight excluding hydrogens is 328 g/mol. The van der Waals surface area contributed by atoms with E-state index >= 15 is 0 Å². The Balaban J connectivity index is 2.42. The van der Waals surface area contributed by atoms with Gasteiger partial charge in [-0.1, -0.05) is 17.8 Å². The first-order valence-electron chi connectivity index (χ1n) is 5.11. The lowest BCUT2D eigenvalue weighted by atomic mass is 10.2. The highest BCUT2D eigenvalue weighted by Gasteiger charge is 2.10. The van der Waals surface area contributed by atoms with E-state index in [1.807, 2.05) is 36.6 Å². The van der Waals surface area contributed by atoms with Crippen molar-refractivity contribution in [3.8, 4) is 6.07 Å². The Morgan fingerprint density at radius 2 is 2.00 bits per heavy atom. The first kappa shape index (κ1) is 13.5. The quantitative estimate of drug-likeness (QED) is 0.768. The van der Waals surface area contributed by atoms with Crippen molar-refractivity contribution >= 4 is 39.5 Å². The molecule has 2 nitrogen and oxygen atoms in total. The van der Waals surface area contributed by atoms with Gasteiger partial charge in [-0.3, -0.25) is 0 Å². The van der Waals surface area contributed by atoms with Gasteiger partial charge in [0.05, 0.1) is 10.0 Å². The summed E-state index contributed by atoms with van der Waals surface area (Å²) < 4.78 is 0.938. The van der Waals surface area contributed by atoms with Gasteiger partial charge in [-0.25, -0.2) is 4.98 Å². The summed E-state index contributed by atoms with van der Waals surface area (Å²) in [5.74, 6) is 0. The Morgan fingerprint density at radius 1 is 1.22 bits per heavy atom. The van der Waals surface area contributed by atoms with Crippen molar-refractivity contribution in [1.82, 2.24) is 4.98 Å². The number of halogens is 1. The molecule has 2 rings (SSSR count). The number of nitrogens with zero attached hydrogens (tertiary/aromatic N) is 2. The van der Waals surface area contributed by atoms with Crippen LogP contribution in [0.4, 0.5) is 0 Å². The van der Waals surface area contributed by atoms with E-state index in [-0.39, 0.29) is 0 Å². The molecule has 1 heterocycles. The summed E-state index contributed by atoms with van der Waals surface area (Å²) in [5.41, 5.74) is 0.715. The largest absolute Gasteiger partial charge is 0.248 e. The highest BCUT2D eigenvalue weighted by molar-refractivity contribution is 9.10. The third-order valence-corrected chi connectivity index (χ3v) is 5.01. The molecule has 0 unspecified atom stereocenters. The molecule has 1 aromatic carbocycles. The molecule has 0 amide bonds. The van der Waals surface area contributed by atoms with Crippen molar-refractivity contribution in [1.29, 1.82) is 5.26 Å². The number of rotatable bonds is 3. The molecule has 18 heavy (non-hydrogen) atoms. The topological polar surface area (TPSA) is 36.7 Å². The first-order chi connectivity index (χ1) is 8.76. The average Bonchev–Trinajstić information content (AvgIpc) is 2.41. The van der Waals surface area contributed by atoms with E-state index in [0.29, 0.717) is 5.56 Å². The van der Waals surface area contributed by atoms with E-state index in [2.05, 4.69) is 27.0 Å². The van der Waals surface area contributed by atoms with Crippen molar-refractivity contribution < 1.29 is 0 Å². The summed E-state index contributed by atoms with van der Waals surface area (Å²) in [6.07, 6.45) is 3.72. The fourth-order valence-electron chi connectivity index (χ4n) is 1.43. The minimum atomic E-state index is 0.715. The predicted molar refractivity (Wildman–Crippen MR) is 79.0 cm³/mol. The van der Waals surface area contributed by atoms with Crippen LogP contribution < -0.4 is 0 Å². The van der Waals surface area contributed by atoms with E-state index < -0.39 is 0 Å². The van der Waals surface area contributed by atoms with Gasteiger partial charge in [-0.2, -0.15) is 5.26 Å². The zero-order chi connectivity index (χ0) is 13.0. The Kier molecular flexibility index (Phi) is 4.70. The second kappa shape index (κ2) is 6.28. The van der Waals surface area contributed by atoms with E-state index in [1.165, 1.54) is 11.8 Å². The first-order valence-corrected chi connectivity index (χ1v) is 7.95. The maximum atomic E-state index is 9.27. The van der Waals surface area contributed by atoms with E-state index in [4.69, 9.17) is 0 Å². The smallest absolute Gasteiger partial charge is 0.115 e. The second-order valence-electron chi connectivity index (χ2n) is 3.34. The number of hydrogen-bond acceptors (Lipinski definition) is 4. The molecule has 90 valence electrons. The molecule has 2 aromatic rings. The predicted octanol–water partition coefficient (Wildman–Crippen LogP) is 4.59. The van der Waals surface area contributed by atoms with Crippen LogP contribution >= 0.6 is 39.5 Å². The minimum Gasteiger partial charge on any atom is -0.248 e. The van der Waals surface area contributed by atoms with Gasteiger partial charge in [0.1, 0.15) is 11.1 Å². The SMILES string of the molecule is CSc1cccc(Sc2ncccc2Br)c1C#N. The molecule has 0 bridgehead atoms. The van der Waals surface area contributed by atoms with Crippen LogP contribution in [0.15, 0.2) is 55.8 Å². The van der Waals surface area contributed by atoms with E-state index in [0.717, 1.165) is 19.3 Å². The molecule has 0 aliphatic heterocycles. The molecule has 0 fully saturated rings. The lowest BCUT2D eigenvalue weighted by Crippen LogP contribution is -1.87. The molecule has 0 saturated heterocycles. The maximum Gasteiger partial charge on any atom is 0.115 e. The summed E-state index contributed by atoms with van der Waals surface area (Å²) in [6, 6.07) is 12.0. The summed E-state index contributed by atoms with van der Waals surface area (Å²) in [7, 11) is 0. The van der Waals surface area contributed by atoms with E-state index in [9.17, 15) is 5.26 Å². The van der Waals surface area contributed by atoms with Crippen LogP contribution in [0.2, 0.25) is 0 Å². The summed E-state index contributed by atoms with van der Waals surface area (Å²) in [4.78, 5) is 6.23. The summed E-state index contributed by atoms with van der Waals surface area (Å²) >= 11 is 6.55. The lowest BCUT2D eigenvalue weighted by Gasteiger charge is -2.07. The highest BCUT2D eigenvalue weighted by atomic mass is 79.9. The number of pyridine rings is 1. The molecule has 0 atom stereocenters. The Hall–Kier alpha value is -0.960. The summed E-state index contributed by atoms with van der Waals surface area (Å²) in [6.45, 7) is 0. The van der Waals surface area contributed by atoms with Crippen LogP contribution in [0.5, 0.6) is 0 Å². The van der Waals surface area contributed by atoms with Gasteiger partial charge < -0.3 is 0 Å². The third-order valence-electron chi connectivity index (χ3n) is 2.25. The third kappa shape index (κ3) is 2.89. The molecule has 0 aliphatic carbocycles. The molecule has 0 spiro atoms. The number of aromatic nitrogens is 1. The Labute approximate surface area is 123 Å². The fraction of sp³-hybridized carbons (Fsp3) is 0.0769. The lowest BCUT2D eigenvalue weighted by molar-refractivity contribution is 1.10. The standard InChI is InChI=1S/C13H9BrN2S2/c1-17-11-5-2-6-12(9(11)8-15)18-13-10(14)4-3-7-16-13/h2-7H,1H3. The highest BCUT2D eigenvalue weighted by Crippen LogP contribution is 2.36. The zero-order valence-electron chi connectivity index (χ0n) is 9.55. The number of benzene rings is 1. The van der Waals surface area contributed by atoms with Gasteiger partial charge in [0.25, 0.3) is 0 Å². The average molecular weight is 337 g/mol. The number of hydrogen-bond donors (Lipinski definition) is 0. The molecule has 0 radical (unpaired) electrons. The van der Waals surface area contributed by atoms with Gasteiger partial charge >= 0.3 is 0 Å². The van der Waals surface area contributed by atoms with Crippen molar-refractivity contribution in [3.63, 3.8) is 0 Å². The zero-order valence-corrected chi connectivity index (χ0v) is 12.8. The fourth-order valence-corrected chi connectivity index (χ4v) is 3.46.